The Morgan fingerprint density at radius 1 is 0.960 bits per heavy atom. The van der Waals surface area contributed by atoms with Crippen LogP contribution in [-0.4, -0.2) is 24.0 Å². The molecule has 25 heavy (non-hydrogen) atoms. The number of amides is 2. The van der Waals surface area contributed by atoms with Gasteiger partial charge < -0.3 is 15.7 Å². The van der Waals surface area contributed by atoms with Crippen LogP contribution < -0.4 is 10.6 Å². The number of phenolic OH excluding ortho intramolecular Hbond substituents is 1. The smallest absolute Gasteiger partial charge is 0.259 e. The first kappa shape index (κ1) is 16.5. The second kappa shape index (κ2) is 7.05. The van der Waals surface area contributed by atoms with E-state index in [4.69, 9.17) is 0 Å². The molecular weight excluding hydrogens is 316 g/mol. The van der Waals surface area contributed by atoms with E-state index in [1.807, 2.05) is 24.3 Å². The van der Waals surface area contributed by atoms with E-state index in [-0.39, 0.29) is 29.5 Å². The molecule has 0 heterocycles. The summed E-state index contributed by atoms with van der Waals surface area (Å²) in [4.78, 5) is 23.8. The van der Waals surface area contributed by atoms with Crippen LogP contribution >= 0.6 is 0 Å². The number of aromatic hydroxyl groups is 1. The molecule has 0 aromatic heterocycles. The highest BCUT2D eigenvalue weighted by atomic mass is 16.3. The van der Waals surface area contributed by atoms with Gasteiger partial charge in [-0.25, -0.2) is 0 Å². The minimum Gasteiger partial charge on any atom is -0.507 e. The van der Waals surface area contributed by atoms with Gasteiger partial charge >= 0.3 is 0 Å². The van der Waals surface area contributed by atoms with Crippen molar-refractivity contribution >= 4 is 28.3 Å². The van der Waals surface area contributed by atoms with Gasteiger partial charge in [-0.05, 0) is 40.6 Å². The molecule has 3 rings (SSSR count). The molecule has 126 valence electrons. The molecule has 5 heteroatoms. The summed E-state index contributed by atoms with van der Waals surface area (Å²) in [5.41, 5.74) is 1.66. The van der Waals surface area contributed by atoms with Gasteiger partial charge in [-0.2, -0.15) is 0 Å². The van der Waals surface area contributed by atoms with Gasteiger partial charge in [0.15, 0.2) is 0 Å². The largest absolute Gasteiger partial charge is 0.507 e. The summed E-state index contributed by atoms with van der Waals surface area (Å²) >= 11 is 0. The minimum absolute atomic E-state index is 0.0626. The number of hydrogen-bond acceptors (Lipinski definition) is 3. The normalized spacial score (nSPS) is 10.4. The zero-order chi connectivity index (χ0) is 17.8. The zero-order valence-electron chi connectivity index (χ0n) is 13.7. The van der Waals surface area contributed by atoms with Gasteiger partial charge in [0.05, 0.1) is 12.0 Å². The number of carbonyl (C=O) groups is 2. The average Bonchev–Trinajstić information content (AvgIpc) is 2.62. The van der Waals surface area contributed by atoms with E-state index in [1.165, 1.54) is 0 Å². The van der Waals surface area contributed by atoms with Crippen LogP contribution in [-0.2, 0) is 11.2 Å². The third kappa shape index (κ3) is 3.77. The van der Waals surface area contributed by atoms with Crippen LogP contribution in [0.1, 0.15) is 15.9 Å². The molecule has 3 aromatic carbocycles. The Kier molecular flexibility index (Phi) is 4.66. The van der Waals surface area contributed by atoms with Crippen molar-refractivity contribution in [1.29, 1.82) is 0 Å². The maximum absolute atomic E-state index is 12.5. The third-order valence-electron chi connectivity index (χ3n) is 3.96. The topological polar surface area (TPSA) is 78.4 Å². The van der Waals surface area contributed by atoms with Gasteiger partial charge in [-0.1, -0.05) is 36.4 Å². The number of hydrogen-bond donors (Lipinski definition) is 3. The van der Waals surface area contributed by atoms with E-state index < -0.39 is 0 Å². The van der Waals surface area contributed by atoms with Crippen molar-refractivity contribution in [3.63, 3.8) is 0 Å². The first-order chi connectivity index (χ1) is 12.1. The Morgan fingerprint density at radius 3 is 2.24 bits per heavy atom. The Hall–Kier alpha value is -3.34. The van der Waals surface area contributed by atoms with Crippen molar-refractivity contribution in [3.8, 4) is 5.75 Å². The predicted molar refractivity (Wildman–Crippen MR) is 97.8 cm³/mol. The quantitative estimate of drug-likeness (QED) is 0.686. The van der Waals surface area contributed by atoms with Crippen LogP contribution in [0.3, 0.4) is 0 Å². The highest BCUT2D eigenvalue weighted by Gasteiger charge is 2.13. The molecule has 3 aromatic rings. The summed E-state index contributed by atoms with van der Waals surface area (Å²) in [6, 6.07) is 17.8. The first-order valence-corrected chi connectivity index (χ1v) is 7.89. The fourth-order valence-corrected chi connectivity index (χ4v) is 2.59. The summed E-state index contributed by atoms with van der Waals surface area (Å²) < 4.78 is 0. The minimum atomic E-state index is -0.387. The van der Waals surface area contributed by atoms with Crippen molar-refractivity contribution in [2.45, 2.75) is 6.42 Å². The van der Waals surface area contributed by atoms with Crippen molar-refractivity contribution in [2.24, 2.45) is 0 Å². The monoisotopic (exact) mass is 334 g/mol. The van der Waals surface area contributed by atoms with E-state index in [1.54, 1.807) is 43.4 Å². The van der Waals surface area contributed by atoms with Crippen LogP contribution in [0.2, 0.25) is 0 Å². The molecule has 0 bridgehead atoms. The molecule has 0 fully saturated rings. The van der Waals surface area contributed by atoms with Gasteiger partial charge in [0.2, 0.25) is 5.91 Å². The lowest BCUT2D eigenvalue weighted by molar-refractivity contribution is -0.119. The highest BCUT2D eigenvalue weighted by Crippen LogP contribution is 2.25. The molecule has 3 N–H and O–H groups in total. The molecule has 0 aliphatic carbocycles. The van der Waals surface area contributed by atoms with Crippen molar-refractivity contribution in [3.05, 3.63) is 71.8 Å². The van der Waals surface area contributed by atoms with Gasteiger partial charge in [-0.15, -0.1) is 0 Å². The number of nitrogens with one attached hydrogen (secondary N) is 2. The molecule has 5 nitrogen and oxygen atoms in total. The zero-order valence-corrected chi connectivity index (χ0v) is 13.7. The average molecular weight is 334 g/mol. The number of rotatable bonds is 4. The van der Waals surface area contributed by atoms with Crippen LogP contribution in [0, 0.1) is 0 Å². The van der Waals surface area contributed by atoms with Crippen LogP contribution in [0.15, 0.2) is 60.7 Å². The molecule has 0 atom stereocenters. The van der Waals surface area contributed by atoms with Crippen LogP contribution in [0.5, 0.6) is 5.75 Å². The van der Waals surface area contributed by atoms with Gasteiger partial charge in [-0.3, -0.25) is 9.59 Å². The lowest BCUT2D eigenvalue weighted by atomic mass is 10.1. The lowest BCUT2D eigenvalue weighted by Gasteiger charge is -2.09. The second-order valence-electron chi connectivity index (χ2n) is 5.72. The van der Waals surface area contributed by atoms with E-state index in [0.717, 1.165) is 16.3 Å². The number of likely N-dealkylation sites (N-methyl/N-ethyl adjacent to an activating group) is 1. The van der Waals surface area contributed by atoms with Crippen molar-refractivity contribution in [2.75, 3.05) is 12.4 Å². The molecule has 0 saturated carbocycles. The van der Waals surface area contributed by atoms with E-state index in [2.05, 4.69) is 10.6 Å². The standard InChI is InChI=1S/C20H18N2O3/c1-21-19(24)10-13-6-8-16(9-7-13)22-20(25)17-11-14-4-2-3-5-15(14)12-18(17)23/h2-9,11-12,23H,10H2,1H3,(H,21,24)(H,22,25). The van der Waals surface area contributed by atoms with Crippen LogP contribution in [0.25, 0.3) is 10.8 Å². The molecular formula is C20H18N2O3. The van der Waals surface area contributed by atoms with E-state index in [0.29, 0.717) is 5.69 Å². The third-order valence-corrected chi connectivity index (χ3v) is 3.96. The van der Waals surface area contributed by atoms with Gasteiger partial charge in [0.1, 0.15) is 5.75 Å². The fraction of sp³-hybridized carbons (Fsp3) is 0.100. The Morgan fingerprint density at radius 2 is 1.60 bits per heavy atom. The SMILES string of the molecule is CNC(=O)Cc1ccc(NC(=O)c2cc3ccccc3cc2O)cc1. The number of carbonyl (C=O) groups excluding carboxylic acids is 2. The molecule has 0 unspecified atom stereocenters. The van der Waals surface area contributed by atoms with Gasteiger partial charge in [0.25, 0.3) is 5.91 Å². The van der Waals surface area contributed by atoms with E-state index >= 15 is 0 Å². The summed E-state index contributed by atoms with van der Waals surface area (Å²) in [6.07, 6.45) is 0.288. The Labute approximate surface area is 145 Å². The molecule has 0 saturated heterocycles. The Balaban J connectivity index is 1.78. The first-order valence-electron chi connectivity index (χ1n) is 7.89. The number of anilines is 1. The highest BCUT2D eigenvalue weighted by molar-refractivity contribution is 6.08. The molecule has 0 aliphatic rings. The molecule has 0 spiro atoms. The Bertz CT molecular complexity index is 933. The number of benzene rings is 3. The van der Waals surface area contributed by atoms with E-state index in [9.17, 15) is 14.7 Å². The summed E-state index contributed by atoms with van der Waals surface area (Å²) in [7, 11) is 1.59. The predicted octanol–water partition coefficient (Wildman–Crippen LogP) is 3.09. The van der Waals surface area contributed by atoms with Crippen LogP contribution in [0.4, 0.5) is 5.69 Å². The summed E-state index contributed by atoms with van der Waals surface area (Å²) in [5.74, 6) is -0.521. The second-order valence-corrected chi connectivity index (χ2v) is 5.72. The van der Waals surface area contributed by atoms with Crippen molar-refractivity contribution in [1.82, 2.24) is 5.32 Å². The van der Waals surface area contributed by atoms with Gasteiger partial charge in [0, 0.05) is 12.7 Å². The maximum Gasteiger partial charge on any atom is 0.259 e. The van der Waals surface area contributed by atoms with Crippen molar-refractivity contribution < 1.29 is 14.7 Å². The summed E-state index contributed by atoms with van der Waals surface area (Å²) in [5, 5.41) is 17.2. The lowest BCUT2D eigenvalue weighted by Crippen LogP contribution is -2.19. The molecule has 2 amide bonds. The number of phenols is 1. The molecule has 0 aliphatic heterocycles. The summed E-state index contributed by atoms with van der Waals surface area (Å²) in [6.45, 7) is 0. The fourth-order valence-electron chi connectivity index (χ4n) is 2.59. The number of fused-ring (bicyclic) bond motifs is 1. The molecule has 0 radical (unpaired) electrons. The maximum atomic E-state index is 12.5.